The Morgan fingerprint density at radius 2 is 1.83 bits per heavy atom. The monoisotopic (exact) mass is 342 g/mol. The van der Waals surface area contributed by atoms with Gasteiger partial charge in [0.25, 0.3) is 0 Å². The number of hydrogen-bond donors (Lipinski definition) is 4. The van der Waals surface area contributed by atoms with E-state index >= 15 is 0 Å². The minimum atomic E-state index is -1.04. The molecule has 0 bridgehead atoms. The highest BCUT2D eigenvalue weighted by atomic mass is 16.4. The first-order valence-corrected chi connectivity index (χ1v) is 8.01. The second kappa shape index (κ2) is 8.62. The lowest BCUT2D eigenvalue weighted by molar-refractivity contribution is -0.148. The number of aliphatic carboxylic acids is 1. The maximum absolute atomic E-state index is 12.2. The fourth-order valence-electron chi connectivity index (χ4n) is 2.52. The van der Waals surface area contributed by atoms with Crippen LogP contribution in [-0.2, 0) is 19.2 Å². The molecule has 0 unspecified atom stereocenters. The fourth-order valence-corrected chi connectivity index (χ4v) is 2.52. The van der Waals surface area contributed by atoms with Gasteiger partial charge in [-0.05, 0) is 25.7 Å². The second-order valence-electron chi connectivity index (χ2n) is 6.32. The van der Waals surface area contributed by atoms with Crippen molar-refractivity contribution in [2.45, 2.75) is 51.7 Å². The summed E-state index contributed by atoms with van der Waals surface area (Å²) in [5, 5.41) is 14.1. The quantitative estimate of drug-likeness (QED) is 0.451. The maximum atomic E-state index is 12.2. The van der Waals surface area contributed by atoms with Crippen LogP contribution in [0.3, 0.4) is 0 Å². The lowest BCUT2D eigenvalue weighted by atomic mass is 10.0. The average Bonchev–Trinajstić information content (AvgIpc) is 2.98. The number of rotatable bonds is 7. The standard InChI is InChI=1S/C15H26N4O5/c1-8(2)12(18-13(21)9(3)16)14(22)17-7-11(20)19-6-4-5-10(19)15(23)24/h8-10,12H,4-7,16H2,1-3H3,(H,17,22)(H,18,21)(H,23,24)/t9-,10-,12-/m0/s1. The van der Waals surface area contributed by atoms with E-state index in [1.165, 1.54) is 11.8 Å². The van der Waals surface area contributed by atoms with Gasteiger partial charge in [-0.25, -0.2) is 4.79 Å². The molecule has 0 radical (unpaired) electrons. The van der Waals surface area contributed by atoms with Crippen molar-refractivity contribution in [1.29, 1.82) is 0 Å². The van der Waals surface area contributed by atoms with Crippen LogP contribution in [0.15, 0.2) is 0 Å². The van der Waals surface area contributed by atoms with Crippen LogP contribution < -0.4 is 16.4 Å². The number of nitrogens with two attached hydrogens (primary N) is 1. The molecule has 1 heterocycles. The third-order valence-corrected chi connectivity index (χ3v) is 3.93. The number of carbonyl (C=O) groups excluding carboxylic acids is 3. The molecule has 0 saturated carbocycles. The van der Waals surface area contributed by atoms with Crippen LogP contribution in [0.1, 0.15) is 33.6 Å². The molecule has 1 rings (SSSR count). The molecular formula is C15H26N4O5. The Kier molecular flexibility index (Phi) is 7.15. The van der Waals surface area contributed by atoms with Crippen LogP contribution in [0.25, 0.3) is 0 Å². The highest BCUT2D eigenvalue weighted by molar-refractivity contribution is 5.92. The molecule has 1 aliphatic heterocycles. The van der Waals surface area contributed by atoms with E-state index in [2.05, 4.69) is 10.6 Å². The van der Waals surface area contributed by atoms with E-state index < -0.39 is 41.8 Å². The van der Waals surface area contributed by atoms with Gasteiger partial charge >= 0.3 is 5.97 Å². The number of likely N-dealkylation sites (tertiary alicyclic amines) is 1. The van der Waals surface area contributed by atoms with Crippen molar-refractivity contribution >= 4 is 23.7 Å². The van der Waals surface area contributed by atoms with Gasteiger partial charge in [-0.3, -0.25) is 14.4 Å². The predicted octanol–water partition coefficient (Wildman–Crippen LogP) is -1.33. The summed E-state index contributed by atoms with van der Waals surface area (Å²) in [7, 11) is 0. The zero-order valence-electron chi connectivity index (χ0n) is 14.2. The van der Waals surface area contributed by atoms with Crippen molar-refractivity contribution in [3.05, 3.63) is 0 Å². The minimum absolute atomic E-state index is 0.193. The first-order valence-electron chi connectivity index (χ1n) is 8.01. The topological polar surface area (TPSA) is 142 Å². The van der Waals surface area contributed by atoms with Crippen LogP contribution in [0.4, 0.5) is 0 Å². The molecule has 9 heteroatoms. The molecule has 0 aromatic heterocycles. The Labute approximate surface area is 140 Å². The number of nitrogens with zero attached hydrogens (tertiary/aromatic N) is 1. The van der Waals surface area contributed by atoms with Crippen molar-refractivity contribution in [3.63, 3.8) is 0 Å². The third kappa shape index (κ3) is 5.19. The Hall–Kier alpha value is -2.16. The highest BCUT2D eigenvalue weighted by Crippen LogP contribution is 2.17. The van der Waals surface area contributed by atoms with Gasteiger partial charge in [-0.2, -0.15) is 0 Å². The normalized spacial score (nSPS) is 19.7. The number of carbonyl (C=O) groups is 4. The summed E-state index contributed by atoms with van der Waals surface area (Å²) in [4.78, 5) is 48.4. The van der Waals surface area contributed by atoms with E-state index in [0.29, 0.717) is 19.4 Å². The molecule has 1 fully saturated rings. The van der Waals surface area contributed by atoms with Crippen LogP contribution in [0.2, 0.25) is 0 Å². The maximum Gasteiger partial charge on any atom is 0.326 e. The number of amides is 3. The summed E-state index contributed by atoms with van der Waals surface area (Å²) >= 11 is 0. The summed E-state index contributed by atoms with van der Waals surface area (Å²) in [6.45, 7) is 5.08. The summed E-state index contributed by atoms with van der Waals surface area (Å²) in [5.74, 6) is -2.65. The number of nitrogens with one attached hydrogen (secondary N) is 2. The predicted molar refractivity (Wildman–Crippen MR) is 85.8 cm³/mol. The lowest BCUT2D eigenvalue weighted by Gasteiger charge is -2.24. The Bertz CT molecular complexity index is 506. The molecule has 0 aliphatic carbocycles. The van der Waals surface area contributed by atoms with E-state index in [1.54, 1.807) is 13.8 Å². The van der Waals surface area contributed by atoms with Crippen LogP contribution in [-0.4, -0.2) is 64.9 Å². The van der Waals surface area contributed by atoms with E-state index in [0.717, 1.165) is 0 Å². The second-order valence-corrected chi connectivity index (χ2v) is 6.32. The van der Waals surface area contributed by atoms with Crippen LogP contribution in [0, 0.1) is 5.92 Å². The van der Waals surface area contributed by atoms with E-state index in [4.69, 9.17) is 10.8 Å². The molecule has 0 spiro atoms. The van der Waals surface area contributed by atoms with Crippen molar-refractivity contribution in [3.8, 4) is 0 Å². The molecule has 1 saturated heterocycles. The summed E-state index contributed by atoms with van der Waals surface area (Å²) < 4.78 is 0. The van der Waals surface area contributed by atoms with Gasteiger partial charge in [0.05, 0.1) is 12.6 Å². The van der Waals surface area contributed by atoms with Crippen LogP contribution in [0.5, 0.6) is 0 Å². The lowest BCUT2D eigenvalue weighted by Crippen LogP contribution is -2.54. The number of carboxylic acids is 1. The molecule has 1 aliphatic rings. The van der Waals surface area contributed by atoms with Gasteiger partial charge in [-0.15, -0.1) is 0 Å². The van der Waals surface area contributed by atoms with Crippen LogP contribution >= 0.6 is 0 Å². The number of hydrogen-bond acceptors (Lipinski definition) is 5. The molecule has 136 valence electrons. The molecular weight excluding hydrogens is 316 g/mol. The van der Waals surface area contributed by atoms with Crippen molar-refractivity contribution in [2.75, 3.05) is 13.1 Å². The first kappa shape index (κ1) is 19.9. The zero-order chi connectivity index (χ0) is 18.4. The SMILES string of the molecule is CC(C)[C@H](NC(=O)[C@H](C)N)C(=O)NCC(=O)N1CCC[C@H]1C(=O)O. The number of carboxylic acid groups (broad SMARTS) is 1. The van der Waals surface area contributed by atoms with Gasteiger partial charge in [-0.1, -0.05) is 13.8 Å². The molecule has 24 heavy (non-hydrogen) atoms. The van der Waals surface area contributed by atoms with Crippen molar-refractivity contribution in [2.24, 2.45) is 11.7 Å². The molecule has 9 nitrogen and oxygen atoms in total. The Morgan fingerprint density at radius 1 is 1.21 bits per heavy atom. The molecule has 0 aromatic carbocycles. The van der Waals surface area contributed by atoms with E-state index in [9.17, 15) is 19.2 Å². The molecule has 5 N–H and O–H groups in total. The smallest absolute Gasteiger partial charge is 0.326 e. The van der Waals surface area contributed by atoms with E-state index in [-0.39, 0.29) is 12.5 Å². The summed E-state index contributed by atoms with van der Waals surface area (Å²) in [6, 6.07) is -2.40. The van der Waals surface area contributed by atoms with Crippen molar-refractivity contribution < 1.29 is 24.3 Å². The van der Waals surface area contributed by atoms with E-state index in [1.807, 2.05) is 0 Å². The average molecular weight is 342 g/mol. The summed E-state index contributed by atoms with van der Waals surface area (Å²) in [5.41, 5.74) is 5.47. The van der Waals surface area contributed by atoms with Gasteiger partial charge in [0.15, 0.2) is 0 Å². The Balaban J connectivity index is 2.60. The minimum Gasteiger partial charge on any atom is -0.480 e. The highest BCUT2D eigenvalue weighted by Gasteiger charge is 2.34. The molecule has 3 amide bonds. The van der Waals surface area contributed by atoms with Crippen molar-refractivity contribution in [1.82, 2.24) is 15.5 Å². The molecule has 0 aromatic rings. The summed E-state index contributed by atoms with van der Waals surface area (Å²) in [6.07, 6.45) is 1.03. The fraction of sp³-hybridized carbons (Fsp3) is 0.733. The van der Waals surface area contributed by atoms with Gasteiger partial charge in [0, 0.05) is 6.54 Å². The van der Waals surface area contributed by atoms with Gasteiger partial charge in [0.2, 0.25) is 17.7 Å². The largest absolute Gasteiger partial charge is 0.480 e. The third-order valence-electron chi connectivity index (χ3n) is 3.93. The molecule has 3 atom stereocenters. The zero-order valence-corrected chi connectivity index (χ0v) is 14.2. The Morgan fingerprint density at radius 3 is 2.33 bits per heavy atom. The van der Waals surface area contributed by atoms with Gasteiger partial charge < -0.3 is 26.4 Å². The van der Waals surface area contributed by atoms with Gasteiger partial charge in [0.1, 0.15) is 12.1 Å². The first-order chi connectivity index (χ1) is 11.1.